The minimum absolute atomic E-state index is 0.0502. The first kappa shape index (κ1) is 20.1. The van der Waals surface area contributed by atoms with Crippen LogP contribution in [0.25, 0.3) is 0 Å². The molecule has 156 valence electrons. The Morgan fingerprint density at radius 1 is 0.931 bits per heavy atom. The highest BCUT2D eigenvalue weighted by atomic mass is 16.7. The second kappa shape index (κ2) is 7.93. The van der Waals surface area contributed by atoms with Gasteiger partial charge in [0, 0.05) is 5.56 Å². The first-order valence-corrected chi connectivity index (χ1v) is 9.68. The van der Waals surface area contributed by atoms with Gasteiger partial charge in [0.1, 0.15) is 30.5 Å². The molecular formula is C22H26O7. The van der Waals surface area contributed by atoms with Gasteiger partial charge in [-0.3, -0.25) is 0 Å². The van der Waals surface area contributed by atoms with Crippen LogP contribution in [-0.2, 0) is 11.2 Å². The average Bonchev–Trinajstić information content (AvgIpc) is 3.21. The van der Waals surface area contributed by atoms with Crippen LogP contribution in [0.1, 0.15) is 33.9 Å². The zero-order chi connectivity index (χ0) is 20.7. The van der Waals surface area contributed by atoms with Gasteiger partial charge < -0.3 is 34.6 Å². The predicted octanol–water partition coefficient (Wildman–Crippen LogP) is 1.14. The van der Waals surface area contributed by atoms with E-state index in [9.17, 15) is 20.4 Å². The molecule has 4 N–H and O–H groups in total. The van der Waals surface area contributed by atoms with Crippen LogP contribution in [0.4, 0.5) is 0 Å². The molecule has 0 saturated carbocycles. The van der Waals surface area contributed by atoms with Crippen molar-refractivity contribution < 1.29 is 34.6 Å². The number of aliphatic hydroxyl groups is 4. The van der Waals surface area contributed by atoms with Gasteiger partial charge in [-0.15, -0.1) is 0 Å². The molecular weight excluding hydrogens is 376 g/mol. The Morgan fingerprint density at radius 3 is 2.31 bits per heavy atom. The molecule has 29 heavy (non-hydrogen) atoms. The van der Waals surface area contributed by atoms with Crippen molar-refractivity contribution in [1.29, 1.82) is 0 Å². The molecule has 0 radical (unpaired) electrons. The molecule has 7 nitrogen and oxygen atoms in total. The molecule has 0 unspecified atom stereocenters. The molecule has 0 spiro atoms. The monoisotopic (exact) mass is 402 g/mol. The molecule has 0 aromatic heterocycles. The average molecular weight is 402 g/mol. The van der Waals surface area contributed by atoms with Crippen LogP contribution in [0.3, 0.4) is 0 Å². The summed E-state index contributed by atoms with van der Waals surface area (Å²) >= 11 is 0. The Bertz CT molecular complexity index is 878. The van der Waals surface area contributed by atoms with Gasteiger partial charge in [-0.1, -0.05) is 29.8 Å². The summed E-state index contributed by atoms with van der Waals surface area (Å²) in [6.07, 6.45) is -5.56. The zero-order valence-electron chi connectivity index (χ0n) is 16.4. The Hall–Kier alpha value is -2.16. The van der Waals surface area contributed by atoms with E-state index in [4.69, 9.17) is 14.2 Å². The first-order chi connectivity index (χ1) is 13.9. The molecule has 0 aliphatic carbocycles. The summed E-state index contributed by atoms with van der Waals surface area (Å²) in [7, 11) is 0. The third kappa shape index (κ3) is 3.60. The molecule has 2 aliphatic rings. The van der Waals surface area contributed by atoms with E-state index in [0.29, 0.717) is 23.5 Å². The number of rotatable bonds is 4. The molecule has 1 saturated heterocycles. The smallest absolute Gasteiger partial charge is 0.231 e. The quantitative estimate of drug-likeness (QED) is 0.607. The Labute approximate surface area is 169 Å². The van der Waals surface area contributed by atoms with Gasteiger partial charge in [-0.05, 0) is 43.0 Å². The van der Waals surface area contributed by atoms with Crippen LogP contribution in [-0.4, -0.2) is 58.2 Å². The van der Waals surface area contributed by atoms with E-state index < -0.39 is 37.1 Å². The molecule has 2 aromatic rings. The molecule has 7 heteroatoms. The molecule has 2 aromatic carbocycles. The van der Waals surface area contributed by atoms with Crippen molar-refractivity contribution in [1.82, 2.24) is 0 Å². The van der Waals surface area contributed by atoms with Crippen molar-refractivity contribution in [3.63, 3.8) is 0 Å². The third-order valence-electron chi connectivity index (χ3n) is 5.74. The van der Waals surface area contributed by atoms with Crippen LogP contribution < -0.4 is 9.47 Å². The van der Waals surface area contributed by atoms with E-state index in [2.05, 4.69) is 24.3 Å². The molecule has 2 heterocycles. The number of aryl methyl sites for hydroxylation is 1. The third-order valence-corrected chi connectivity index (χ3v) is 5.74. The Kier molecular flexibility index (Phi) is 5.50. The first-order valence-electron chi connectivity index (χ1n) is 9.68. The van der Waals surface area contributed by atoms with Gasteiger partial charge in [0.05, 0.1) is 6.61 Å². The van der Waals surface area contributed by atoms with Crippen molar-refractivity contribution in [3.8, 4) is 11.5 Å². The van der Waals surface area contributed by atoms with E-state index in [-0.39, 0.29) is 6.79 Å². The largest absolute Gasteiger partial charge is 0.453 e. The Balaban J connectivity index is 1.75. The van der Waals surface area contributed by atoms with E-state index >= 15 is 0 Å². The minimum Gasteiger partial charge on any atom is -0.453 e. The van der Waals surface area contributed by atoms with Crippen LogP contribution >= 0.6 is 0 Å². The van der Waals surface area contributed by atoms with Crippen molar-refractivity contribution in [2.45, 2.75) is 50.8 Å². The van der Waals surface area contributed by atoms with Crippen molar-refractivity contribution in [2.24, 2.45) is 0 Å². The van der Waals surface area contributed by atoms with Crippen molar-refractivity contribution in [2.75, 3.05) is 13.4 Å². The van der Waals surface area contributed by atoms with Crippen molar-refractivity contribution in [3.05, 3.63) is 58.1 Å². The lowest BCUT2D eigenvalue weighted by molar-refractivity contribution is -0.232. The standard InChI is InChI=1S/C22H26O7/c1-11-3-5-13(6-4-11)7-14-8-15(22-20(12(14)2)27-10-28-22)21-19(26)18(25)17(24)16(9-23)29-21/h3-6,8,16-19,21,23-26H,7,9-10H2,1-2H3/t16-,17-,18-,19-,21+/m0/s1. The van der Waals surface area contributed by atoms with Crippen LogP contribution in [0.2, 0.25) is 0 Å². The minimum atomic E-state index is -1.45. The highest BCUT2D eigenvalue weighted by molar-refractivity contribution is 5.58. The topological polar surface area (TPSA) is 109 Å². The summed E-state index contributed by atoms with van der Waals surface area (Å²) in [5.74, 6) is 1.04. The fraction of sp³-hybridized carbons (Fsp3) is 0.455. The summed E-state index contributed by atoms with van der Waals surface area (Å²) in [5, 5.41) is 40.4. The number of benzene rings is 2. The number of aliphatic hydroxyl groups excluding tert-OH is 4. The Morgan fingerprint density at radius 2 is 1.62 bits per heavy atom. The lowest BCUT2D eigenvalue weighted by Crippen LogP contribution is -2.55. The number of hydrogen-bond acceptors (Lipinski definition) is 7. The van der Waals surface area contributed by atoms with E-state index in [0.717, 1.165) is 16.7 Å². The fourth-order valence-corrected chi connectivity index (χ4v) is 3.96. The molecule has 0 amide bonds. The van der Waals surface area contributed by atoms with Gasteiger partial charge in [0.15, 0.2) is 11.5 Å². The predicted molar refractivity (Wildman–Crippen MR) is 104 cm³/mol. The van der Waals surface area contributed by atoms with Crippen LogP contribution in [0.15, 0.2) is 30.3 Å². The van der Waals surface area contributed by atoms with Crippen molar-refractivity contribution >= 4 is 0 Å². The van der Waals surface area contributed by atoms with Gasteiger partial charge in [0.25, 0.3) is 0 Å². The molecule has 1 fully saturated rings. The van der Waals surface area contributed by atoms with Gasteiger partial charge in [-0.2, -0.15) is 0 Å². The second-order valence-corrected chi connectivity index (χ2v) is 7.73. The summed E-state index contributed by atoms with van der Waals surface area (Å²) in [5.41, 5.74) is 4.74. The number of fused-ring (bicyclic) bond motifs is 1. The molecule has 4 rings (SSSR count). The summed E-state index contributed by atoms with van der Waals surface area (Å²) in [6, 6.07) is 10.1. The van der Waals surface area contributed by atoms with Gasteiger partial charge >= 0.3 is 0 Å². The normalized spacial score (nSPS) is 28.6. The number of hydrogen-bond donors (Lipinski definition) is 4. The lowest BCUT2D eigenvalue weighted by atomic mass is 9.88. The van der Waals surface area contributed by atoms with Gasteiger partial charge in [0.2, 0.25) is 6.79 Å². The highest BCUT2D eigenvalue weighted by Gasteiger charge is 2.45. The maximum Gasteiger partial charge on any atom is 0.231 e. The number of ether oxygens (including phenoxy) is 3. The zero-order valence-corrected chi connectivity index (χ0v) is 16.4. The van der Waals surface area contributed by atoms with E-state index in [1.807, 2.05) is 19.9 Å². The molecule has 5 atom stereocenters. The summed E-state index contributed by atoms with van der Waals surface area (Å²) in [6.45, 7) is 3.55. The van der Waals surface area contributed by atoms with E-state index in [1.54, 1.807) is 0 Å². The molecule has 2 aliphatic heterocycles. The van der Waals surface area contributed by atoms with Crippen LogP contribution in [0, 0.1) is 13.8 Å². The fourth-order valence-electron chi connectivity index (χ4n) is 3.96. The second-order valence-electron chi connectivity index (χ2n) is 7.73. The van der Waals surface area contributed by atoms with E-state index in [1.165, 1.54) is 5.56 Å². The maximum absolute atomic E-state index is 10.6. The van der Waals surface area contributed by atoms with Crippen LogP contribution in [0.5, 0.6) is 11.5 Å². The lowest BCUT2D eigenvalue weighted by Gasteiger charge is -2.40. The highest BCUT2D eigenvalue weighted by Crippen LogP contribution is 2.46. The van der Waals surface area contributed by atoms with Gasteiger partial charge in [-0.25, -0.2) is 0 Å². The maximum atomic E-state index is 10.6. The summed E-state index contributed by atoms with van der Waals surface area (Å²) in [4.78, 5) is 0. The SMILES string of the molecule is Cc1ccc(Cc2cc([C@H]3O[C@@H](CO)[C@H](O)[C@H](O)[C@@H]3O)c3c(c2C)OCO3)cc1. The summed E-state index contributed by atoms with van der Waals surface area (Å²) < 4.78 is 17.1. The molecule has 0 bridgehead atoms.